The second-order valence-electron chi connectivity index (χ2n) is 6.99. The fraction of sp³-hybridized carbons (Fsp3) is 0.381. The molecule has 0 aliphatic carbocycles. The van der Waals surface area contributed by atoms with E-state index in [1.165, 1.54) is 6.07 Å². The Labute approximate surface area is 156 Å². The lowest BCUT2D eigenvalue weighted by Gasteiger charge is -2.31. The number of hydrogen-bond acceptors (Lipinski definition) is 4. The van der Waals surface area contributed by atoms with Crippen LogP contribution in [0.5, 0.6) is 11.5 Å². The van der Waals surface area contributed by atoms with Crippen molar-refractivity contribution in [2.24, 2.45) is 5.92 Å². The zero-order valence-corrected chi connectivity index (χ0v) is 14.9. The third kappa shape index (κ3) is 3.81. The summed E-state index contributed by atoms with van der Waals surface area (Å²) in [6.07, 6.45) is 1.40. The van der Waals surface area contributed by atoms with Gasteiger partial charge in [0.25, 0.3) is 0 Å². The van der Waals surface area contributed by atoms with Gasteiger partial charge in [-0.2, -0.15) is 0 Å². The summed E-state index contributed by atoms with van der Waals surface area (Å²) in [5.41, 5.74) is 0.987. The van der Waals surface area contributed by atoms with Crippen molar-refractivity contribution in [1.29, 1.82) is 0 Å². The number of fused-ring (bicyclic) bond motifs is 1. The number of halogens is 2. The first-order chi connectivity index (χ1) is 13.1. The summed E-state index contributed by atoms with van der Waals surface area (Å²) < 4.78 is 38.2. The Morgan fingerprint density at radius 1 is 1.04 bits per heavy atom. The molecule has 0 bridgehead atoms. The van der Waals surface area contributed by atoms with Crippen LogP contribution in [0.1, 0.15) is 28.8 Å². The molecule has 0 saturated carbocycles. The van der Waals surface area contributed by atoms with Crippen LogP contribution in [0.4, 0.5) is 8.78 Å². The third-order valence-electron chi connectivity index (χ3n) is 5.21. The molecule has 0 amide bonds. The molecule has 2 aromatic rings. The van der Waals surface area contributed by atoms with Gasteiger partial charge in [-0.25, -0.2) is 8.78 Å². The van der Waals surface area contributed by atoms with E-state index in [0.717, 1.165) is 6.07 Å². The molecule has 0 atom stereocenters. The summed E-state index contributed by atoms with van der Waals surface area (Å²) in [5, 5.41) is 0. The number of carbonyl (C=O) groups excluding carboxylic acids is 1. The summed E-state index contributed by atoms with van der Waals surface area (Å²) >= 11 is 0. The number of ether oxygens (including phenoxy) is 2. The van der Waals surface area contributed by atoms with E-state index in [1.807, 2.05) is 0 Å². The molecule has 1 saturated heterocycles. The molecule has 27 heavy (non-hydrogen) atoms. The average molecular weight is 373 g/mol. The van der Waals surface area contributed by atoms with Gasteiger partial charge in [-0.3, -0.25) is 9.69 Å². The largest absolute Gasteiger partial charge is 0.486 e. The minimum atomic E-state index is -0.823. The zero-order valence-electron chi connectivity index (χ0n) is 14.9. The Kier molecular flexibility index (Phi) is 5.07. The summed E-state index contributed by atoms with van der Waals surface area (Å²) in [5.74, 6) is -0.288. The molecule has 0 spiro atoms. The number of benzene rings is 2. The topological polar surface area (TPSA) is 38.8 Å². The fourth-order valence-corrected chi connectivity index (χ4v) is 3.70. The lowest BCUT2D eigenvalue weighted by molar-refractivity contribution is 0.0832. The van der Waals surface area contributed by atoms with Crippen LogP contribution in [0.3, 0.4) is 0 Å². The van der Waals surface area contributed by atoms with Crippen molar-refractivity contribution in [2.45, 2.75) is 19.4 Å². The first-order valence-electron chi connectivity index (χ1n) is 9.21. The number of ketones is 1. The second-order valence-corrected chi connectivity index (χ2v) is 6.99. The van der Waals surface area contributed by atoms with Crippen molar-refractivity contribution in [3.05, 3.63) is 59.2 Å². The van der Waals surface area contributed by atoms with E-state index in [1.54, 1.807) is 24.3 Å². The van der Waals surface area contributed by atoms with E-state index < -0.39 is 11.6 Å². The fourth-order valence-electron chi connectivity index (χ4n) is 3.70. The van der Waals surface area contributed by atoms with E-state index in [-0.39, 0.29) is 11.7 Å². The van der Waals surface area contributed by atoms with Gasteiger partial charge in [0.2, 0.25) is 0 Å². The number of piperidine rings is 1. The second kappa shape index (κ2) is 7.64. The molecular weight excluding hydrogens is 352 g/mol. The third-order valence-corrected chi connectivity index (χ3v) is 5.21. The molecule has 0 aromatic heterocycles. The van der Waals surface area contributed by atoms with Gasteiger partial charge < -0.3 is 9.47 Å². The van der Waals surface area contributed by atoms with Gasteiger partial charge in [0, 0.05) is 23.6 Å². The molecule has 2 aliphatic heterocycles. The van der Waals surface area contributed by atoms with Gasteiger partial charge in [-0.05, 0) is 50.2 Å². The van der Waals surface area contributed by atoms with Crippen LogP contribution in [-0.4, -0.2) is 37.0 Å². The van der Waals surface area contributed by atoms with E-state index in [4.69, 9.17) is 9.47 Å². The van der Waals surface area contributed by atoms with E-state index in [0.29, 0.717) is 68.3 Å². The Morgan fingerprint density at radius 3 is 2.56 bits per heavy atom. The summed E-state index contributed by atoms with van der Waals surface area (Å²) in [4.78, 5) is 14.9. The van der Waals surface area contributed by atoms with Crippen molar-refractivity contribution in [3.8, 4) is 11.5 Å². The zero-order chi connectivity index (χ0) is 18.8. The molecule has 2 heterocycles. The Bertz CT molecular complexity index is 847. The Hall–Kier alpha value is -2.47. The van der Waals surface area contributed by atoms with Gasteiger partial charge in [-0.1, -0.05) is 12.1 Å². The van der Waals surface area contributed by atoms with Crippen molar-refractivity contribution >= 4 is 5.78 Å². The molecule has 2 aliphatic rings. The Balaban J connectivity index is 1.37. The van der Waals surface area contributed by atoms with Crippen LogP contribution in [-0.2, 0) is 6.54 Å². The summed E-state index contributed by atoms with van der Waals surface area (Å²) in [6.45, 7) is 2.71. The number of likely N-dealkylation sites (tertiary alicyclic amines) is 1. The van der Waals surface area contributed by atoms with Crippen LogP contribution in [0.25, 0.3) is 0 Å². The molecule has 1 fully saturated rings. The van der Waals surface area contributed by atoms with Crippen LogP contribution in [0.2, 0.25) is 0 Å². The van der Waals surface area contributed by atoms with Gasteiger partial charge in [0.15, 0.2) is 28.9 Å². The van der Waals surface area contributed by atoms with Gasteiger partial charge in [0.1, 0.15) is 13.2 Å². The van der Waals surface area contributed by atoms with Crippen molar-refractivity contribution in [1.82, 2.24) is 4.90 Å². The van der Waals surface area contributed by atoms with Gasteiger partial charge >= 0.3 is 0 Å². The van der Waals surface area contributed by atoms with E-state index in [2.05, 4.69) is 4.90 Å². The normalized spacial score (nSPS) is 17.7. The molecule has 0 radical (unpaired) electrons. The van der Waals surface area contributed by atoms with Crippen LogP contribution < -0.4 is 9.47 Å². The first kappa shape index (κ1) is 17.9. The van der Waals surface area contributed by atoms with Crippen LogP contribution >= 0.6 is 0 Å². The standard InChI is InChI=1S/C21H21F2NO3/c22-17-3-1-2-16(20(17)23)13-24-8-6-14(7-9-24)21(25)15-4-5-18-19(12-15)27-11-10-26-18/h1-5,12,14H,6-11,13H2. The highest BCUT2D eigenvalue weighted by atomic mass is 19.2. The molecule has 6 heteroatoms. The predicted octanol–water partition coefficient (Wildman–Crippen LogP) is 3.83. The SMILES string of the molecule is O=C(c1ccc2c(c1)OCCO2)C1CCN(Cc2cccc(F)c2F)CC1. The van der Waals surface area contributed by atoms with Gasteiger partial charge in [0.05, 0.1) is 0 Å². The smallest absolute Gasteiger partial charge is 0.166 e. The minimum Gasteiger partial charge on any atom is -0.486 e. The van der Waals surface area contributed by atoms with Crippen molar-refractivity contribution < 1.29 is 23.0 Å². The lowest BCUT2D eigenvalue weighted by atomic mass is 9.88. The molecule has 0 N–H and O–H groups in total. The molecule has 0 unspecified atom stereocenters. The molecular formula is C21H21F2NO3. The van der Waals surface area contributed by atoms with Crippen LogP contribution in [0, 0.1) is 17.6 Å². The van der Waals surface area contributed by atoms with Crippen molar-refractivity contribution in [3.63, 3.8) is 0 Å². The highest BCUT2D eigenvalue weighted by molar-refractivity contribution is 5.98. The maximum atomic E-state index is 13.8. The maximum absolute atomic E-state index is 13.8. The molecule has 2 aromatic carbocycles. The van der Waals surface area contributed by atoms with Crippen LogP contribution in [0.15, 0.2) is 36.4 Å². The summed E-state index contributed by atoms with van der Waals surface area (Å²) in [7, 11) is 0. The van der Waals surface area contributed by atoms with Gasteiger partial charge in [-0.15, -0.1) is 0 Å². The highest BCUT2D eigenvalue weighted by Gasteiger charge is 2.27. The molecule has 142 valence electrons. The predicted molar refractivity (Wildman–Crippen MR) is 96.1 cm³/mol. The Morgan fingerprint density at radius 2 is 1.78 bits per heavy atom. The highest BCUT2D eigenvalue weighted by Crippen LogP contribution is 2.32. The number of hydrogen-bond donors (Lipinski definition) is 0. The van der Waals surface area contributed by atoms with E-state index in [9.17, 15) is 13.6 Å². The number of carbonyl (C=O) groups is 1. The summed E-state index contributed by atoms with van der Waals surface area (Å²) in [6, 6.07) is 9.56. The number of Topliss-reactive ketones (excluding diaryl/α,β-unsaturated/α-hetero) is 1. The number of rotatable bonds is 4. The molecule has 4 nitrogen and oxygen atoms in total. The average Bonchev–Trinajstić information content (AvgIpc) is 2.71. The van der Waals surface area contributed by atoms with Crippen molar-refractivity contribution in [2.75, 3.05) is 26.3 Å². The monoisotopic (exact) mass is 373 g/mol. The first-order valence-corrected chi connectivity index (χ1v) is 9.21. The molecule has 4 rings (SSSR count). The lowest BCUT2D eigenvalue weighted by Crippen LogP contribution is -2.36. The quantitative estimate of drug-likeness (QED) is 0.764. The number of nitrogens with zero attached hydrogens (tertiary/aromatic N) is 1. The maximum Gasteiger partial charge on any atom is 0.166 e. The van der Waals surface area contributed by atoms with E-state index >= 15 is 0 Å². The minimum absolute atomic E-state index is 0.0684.